The van der Waals surface area contributed by atoms with Gasteiger partial charge in [0.25, 0.3) is 0 Å². The van der Waals surface area contributed by atoms with Gasteiger partial charge < -0.3 is 15.2 Å². The van der Waals surface area contributed by atoms with Gasteiger partial charge in [-0.15, -0.1) is 0 Å². The molecule has 1 aromatic rings. The molecular weight excluding hydrogens is 226 g/mol. The molecule has 0 aliphatic rings. The van der Waals surface area contributed by atoms with Gasteiger partial charge in [0.15, 0.2) is 0 Å². The molecule has 0 spiro atoms. The van der Waals surface area contributed by atoms with Crippen molar-refractivity contribution in [3.05, 3.63) is 29.3 Å². The Morgan fingerprint density at radius 1 is 1.39 bits per heavy atom. The number of aliphatic hydroxyl groups is 1. The van der Waals surface area contributed by atoms with Gasteiger partial charge in [0.2, 0.25) is 0 Å². The molecule has 0 saturated heterocycles. The van der Waals surface area contributed by atoms with E-state index in [1.54, 1.807) is 7.11 Å². The van der Waals surface area contributed by atoms with Crippen molar-refractivity contribution >= 4 is 0 Å². The van der Waals surface area contributed by atoms with Crippen LogP contribution in [0, 0.1) is 6.92 Å². The van der Waals surface area contributed by atoms with Gasteiger partial charge in [-0.3, -0.25) is 0 Å². The van der Waals surface area contributed by atoms with Crippen LogP contribution in [-0.4, -0.2) is 24.9 Å². The molecule has 1 aromatic carbocycles. The van der Waals surface area contributed by atoms with Crippen molar-refractivity contribution in [1.82, 2.24) is 5.32 Å². The summed E-state index contributed by atoms with van der Waals surface area (Å²) in [6.45, 7) is 6.87. The molecule has 2 unspecified atom stereocenters. The third-order valence-corrected chi connectivity index (χ3v) is 3.12. The molecule has 0 radical (unpaired) electrons. The van der Waals surface area contributed by atoms with Crippen LogP contribution in [0.15, 0.2) is 18.2 Å². The van der Waals surface area contributed by atoms with E-state index >= 15 is 0 Å². The minimum Gasteiger partial charge on any atom is -0.496 e. The smallest absolute Gasteiger partial charge is 0.123 e. The topological polar surface area (TPSA) is 41.5 Å². The van der Waals surface area contributed by atoms with Gasteiger partial charge in [0, 0.05) is 11.6 Å². The summed E-state index contributed by atoms with van der Waals surface area (Å²) < 4.78 is 5.42. The monoisotopic (exact) mass is 251 g/mol. The summed E-state index contributed by atoms with van der Waals surface area (Å²) in [4.78, 5) is 0. The van der Waals surface area contributed by atoms with Crippen LogP contribution in [0.25, 0.3) is 0 Å². The molecule has 0 aliphatic carbocycles. The SMILES string of the molecule is CCC(NCCC(C)O)c1cc(C)ccc1OC. The van der Waals surface area contributed by atoms with Crippen LogP contribution in [0.5, 0.6) is 5.75 Å². The van der Waals surface area contributed by atoms with Crippen LogP contribution in [0.1, 0.15) is 43.9 Å². The maximum Gasteiger partial charge on any atom is 0.123 e. The third-order valence-electron chi connectivity index (χ3n) is 3.12. The van der Waals surface area contributed by atoms with E-state index in [1.807, 2.05) is 13.0 Å². The first kappa shape index (κ1) is 15.0. The lowest BCUT2D eigenvalue weighted by molar-refractivity contribution is 0.182. The normalized spacial score (nSPS) is 14.3. The fraction of sp³-hybridized carbons (Fsp3) is 0.600. The molecule has 0 aliphatic heterocycles. The van der Waals surface area contributed by atoms with Gasteiger partial charge in [0.1, 0.15) is 5.75 Å². The second-order valence-corrected chi connectivity index (χ2v) is 4.80. The molecule has 0 fully saturated rings. The van der Waals surface area contributed by atoms with Gasteiger partial charge in [-0.25, -0.2) is 0 Å². The quantitative estimate of drug-likeness (QED) is 0.783. The van der Waals surface area contributed by atoms with Gasteiger partial charge >= 0.3 is 0 Å². The summed E-state index contributed by atoms with van der Waals surface area (Å²) in [6.07, 6.45) is 1.51. The minimum atomic E-state index is -0.255. The summed E-state index contributed by atoms with van der Waals surface area (Å²) in [7, 11) is 1.71. The lowest BCUT2D eigenvalue weighted by Crippen LogP contribution is -2.24. The highest BCUT2D eigenvalue weighted by Crippen LogP contribution is 2.28. The van der Waals surface area contributed by atoms with E-state index in [0.29, 0.717) is 0 Å². The van der Waals surface area contributed by atoms with Gasteiger partial charge in [-0.2, -0.15) is 0 Å². The Morgan fingerprint density at radius 3 is 2.67 bits per heavy atom. The average molecular weight is 251 g/mol. The van der Waals surface area contributed by atoms with Crippen LogP contribution >= 0.6 is 0 Å². The van der Waals surface area contributed by atoms with Crippen LogP contribution in [0.2, 0.25) is 0 Å². The molecule has 2 atom stereocenters. The first-order chi connectivity index (χ1) is 8.58. The molecule has 18 heavy (non-hydrogen) atoms. The van der Waals surface area contributed by atoms with E-state index in [4.69, 9.17) is 4.74 Å². The second-order valence-electron chi connectivity index (χ2n) is 4.80. The average Bonchev–Trinajstić information content (AvgIpc) is 2.34. The summed E-state index contributed by atoms with van der Waals surface area (Å²) in [5.74, 6) is 0.928. The molecule has 3 nitrogen and oxygen atoms in total. The number of aryl methyl sites for hydroxylation is 1. The van der Waals surface area contributed by atoms with E-state index in [9.17, 15) is 5.11 Å². The van der Waals surface area contributed by atoms with E-state index in [2.05, 4.69) is 31.3 Å². The lowest BCUT2D eigenvalue weighted by Gasteiger charge is -2.21. The summed E-state index contributed by atoms with van der Waals surface area (Å²) in [5, 5.41) is 12.8. The van der Waals surface area contributed by atoms with Gasteiger partial charge in [-0.05, 0) is 39.3 Å². The molecule has 0 amide bonds. The number of rotatable bonds is 7. The summed E-state index contributed by atoms with van der Waals surface area (Å²) in [6, 6.07) is 6.52. The Morgan fingerprint density at radius 2 is 2.11 bits per heavy atom. The zero-order valence-electron chi connectivity index (χ0n) is 11.9. The van der Waals surface area contributed by atoms with Crippen LogP contribution in [-0.2, 0) is 0 Å². The summed E-state index contributed by atoms with van der Waals surface area (Å²) >= 11 is 0. The van der Waals surface area contributed by atoms with Crippen LogP contribution in [0.3, 0.4) is 0 Å². The van der Waals surface area contributed by atoms with E-state index in [0.717, 1.165) is 25.1 Å². The van der Waals surface area contributed by atoms with E-state index in [1.165, 1.54) is 11.1 Å². The Balaban J connectivity index is 2.77. The second kappa shape index (κ2) is 7.39. The Kier molecular flexibility index (Phi) is 6.16. The molecule has 1 rings (SSSR count). The van der Waals surface area contributed by atoms with E-state index < -0.39 is 0 Å². The lowest BCUT2D eigenvalue weighted by atomic mass is 10.0. The number of methoxy groups -OCH3 is 1. The number of nitrogens with one attached hydrogen (secondary N) is 1. The van der Waals surface area contributed by atoms with Crippen molar-refractivity contribution in [3.63, 3.8) is 0 Å². The highest BCUT2D eigenvalue weighted by atomic mass is 16.5. The molecule has 2 N–H and O–H groups in total. The molecule has 0 aromatic heterocycles. The maximum atomic E-state index is 9.29. The number of hydrogen-bond donors (Lipinski definition) is 2. The van der Waals surface area contributed by atoms with Crippen molar-refractivity contribution in [2.24, 2.45) is 0 Å². The molecule has 102 valence electrons. The van der Waals surface area contributed by atoms with Crippen LogP contribution in [0.4, 0.5) is 0 Å². The molecule has 3 heteroatoms. The Bertz CT molecular complexity index is 364. The van der Waals surface area contributed by atoms with Crippen LogP contribution < -0.4 is 10.1 Å². The molecule has 0 bridgehead atoms. The number of benzene rings is 1. The predicted molar refractivity (Wildman–Crippen MR) is 75.1 cm³/mol. The standard InChI is InChI=1S/C15H25NO2/c1-5-14(16-9-8-12(3)17)13-10-11(2)6-7-15(13)18-4/h6-7,10,12,14,16-17H,5,8-9H2,1-4H3. The molecule has 0 saturated carbocycles. The van der Waals surface area contributed by atoms with Crippen molar-refractivity contribution in [2.45, 2.75) is 45.8 Å². The highest BCUT2D eigenvalue weighted by molar-refractivity contribution is 5.39. The summed E-state index contributed by atoms with van der Waals surface area (Å²) in [5.41, 5.74) is 2.44. The Hall–Kier alpha value is -1.06. The fourth-order valence-corrected chi connectivity index (χ4v) is 2.07. The predicted octanol–water partition coefficient (Wildman–Crippen LogP) is 2.82. The number of hydrogen-bond acceptors (Lipinski definition) is 3. The maximum absolute atomic E-state index is 9.29. The largest absolute Gasteiger partial charge is 0.496 e. The van der Waals surface area contributed by atoms with Crippen molar-refractivity contribution < 1.29 is 9.84 Å². The fourth-order valence-electron chi connectivity index (χ4n) is 2.07. The molecular formula is C15H25NO2. The zero-order valence-corrected chi connectivity index (χ0v) is 11.9. The van der Waals surface area contributed by atoms with Gasteiger partial charge in [0.05, 0.1) is 13.2 Å². The van der Waals surface area contributed by atoms with Crippen molar-refractivity contribution in [2.75, 3.05) is 13.7 Å². The van der Waals surface area contributed by atoms with E-state index in [-0.39, 0.29) is 12.1 Å². The third kappa shape index (κ3) is 4.31. The Labute approximate surface area is 110 Å². The first-order valence-corrected chi connectivity index (χ1v) is 6.64. The number of aliphatic hydroxyl groups excluding tert-OH is 1. The number of ether oxygens (including phenoxy) is 1. The minimum absolute atomic E-state index is 0.255. The first-order valence-electron chi connectivity index (χ1n) is 6.64. The van der Waals surface area contributed by atoms with Gasteiger partial charge in [-0.1, -0.05) is 24.6 Å². The van der Waals surface area contributed by atoms with Crippen molar-refractivity contribution in [3.8, 4) is 5.75 Å². The zero-order chi connectivity index (χ0) is 13.5. The highest BCUT2D eigenvalue weighted by Gasteiger charge is 2.14. The van der Waals surface area contributed by atoms with Crippen molar-refractivity contribution in [1.29, 1.82) is 0 Å². The molecule has 0 heterocycles.